The van der Waals surface area contributed by atoms with Crippen LogP contribution in [0.3, 0.4) is 0 Å². The van der Waals surface area contributed by atoms with Gasteiger partial charge in [-0.3, -0.25) is 4.98 Å². The van der Waals surface area contributed by atoms with Crippen LogP contribution < -0.4 is 10.2 Å². The first-order valence-electron chi connectivity index (χ1n) is 11.8. The average Bonchev–Trinajstić information content (AvgIpc) is 3.35. The van der Waals surface area contributed by atoms with E-state index in [9.17, 15) is 5.11 Å². The number of aliphatic hydroxyl groups is 1. The Bertz CT molecular complexity index is 1140. The van der Waals surface area contributed by atoms with E-state index in [1.807, 2.05) is 24.4 Å². The molecule has 178 valence electrons. The Balaban J connectivity index is 1.51. The monoisotopic (exact) mass is 477 g/mol. The van der Waals surface area contributed by atoms with Crippen molar-refractivity contribution in [3.63, 3.8) is 0 Å². The molecule has 8 heteroatoms. The molecule has 2 unspecified atom stereocenters. The number of nitrogens with one attached hydrogen (secondary N) is 1. The molecule has 0 amide bonds. The summed E-state index contributed by atoms with van der Waals surface area (Å²) >= 11 is 5.67. The number of ether oxygens (including phenoxy) is 1. The maximum atomic E-state index is 9.74. The number of aliphatic hydroxyl groups excluding tert-OH is 1. The van der Waals surface area contributed by atoms with Crippen molar-refractivity contribution < 1.29 is 9.84 Å². The minimum atomic E-state index is -0.0853. The Hall–Kier alpha value is -2.94. The molecule has 1 aromatic carbocycles. The van der Waals surface area contributed by atoms with Gasteiger partial charge in [0.15, 0.2) is 5.11 Å². The van der Waals surface area contributed by atoms with E-state index in [0.29, 0.717) is 11.7 Å². The van der Waals surface area contributed by atoms with Crippen molar-refractivity contribution in [3.05, 3.63) is 77.4 Å². The predicted molar refractivity (Wildman–Crippen MR) is 138 cm³/mol. The summed E-state index contributed by atoms with van der Waals surface area (Å²) in [6.07, 6.45) is 1.81. The SMILES string of the molecule is Cc1cc(C2C(c3ccccn3)NC(=S)N2CCO)c(C)n1-c1ccc(N2CCOCC2)cc1. The molecule has 0 radical (unpaired) electrons. The molecule has 34 heavy (non-hydrogen) atoms. The van der Waals surface area contributed by atoms with Crippen molar-refractivity contribution in [1.82, 2.24) is 19.8 Å². The van der Waals surface area contributed by atoms with E-state index in [4.69, 9.17) is 17.0 Å². The van der Waals surface area contributed by atoms with E-state index in [0.717, 1.165) is 49.1 Å². The third kappa shape index (κ3) is 4.17. The summed E-state index contributed by atoms with van der Waals surface area (Å²) in [4.78, 5) is 9.06. The van der Waals surface area contributed by atoms with Crippen LogP contribution in [0.2, 0.25) is 0 Å². The number of aryl methyl sites for hydroxylation is 1. The summed E-state index contributed by atoms with van der Waals surface area (Å²) in [7, 11) is 0. The quantitative estimate of drug-likeness (QED) is 0.528. The van der Waals surface area contributed by atoms with Crippen LogP contribution in [-0.2, 0) is 4.74 Å². The molecule has 2 aliphatic rings. The van der Waals surface area contributed by atoms with E-state index < -0.39 is 0 Å². The molecule has 2 aliphatic heterocycles. The standard InChI is InChI=1S/C26H31N5O2S/c1-18-17-22(25-24(23-5-3-4-10-27-23)28-26(34)30(25)11-14-32)19(2)31(18)21-8-6-20(7-9-21)29-12-15-33-16-13-29/h3-10,17,24-25,32H,11-16H2,1-2H3,(H,28,34). The summed E-state index contributed by atoms with van der Waals surface area (Å²) < 4.78 is 7.79. The van der Waals surface area contributed by atoms with Crippen LogP contribution in [0.1, 0.15) is 34.7 Å². The highest BCUT2D eigenvalue weighted by Gasteiger charge is 2.41. The number of benzene rings is 1. The van der Waals surface area contributed by atoms with Crippen molar-refractivity contribution in [2.24, 2.45) is 0 Å². The van der Waals surface area contributed by atoms with Crippen LogP contribution in [0, 0.1) is 13.8 Å². The Kier molecular flexibility index (Phi) is 6.54. The molecule has 2 aromatic heterocycles. The highest BCUT2D eigenvalue weighted by atomic mass is 32.1. The third-order valence-corrected chi connectivity index (χ3v) is 7.16. The van der Waals surface area contributed by atoms with Crippen molar-refractivity contribution in [3.8, 4) is 5.69 Å². The number of hydrogen-bond donors (Lipinski definition) is 2. The van der Waals surface area contributed by atoms with Gasteiger partial charge in [0, 0.05) is 48.6 Å². The average molecular weight is 478 g/mol. The zero-order chi connectivity index (χ0) is 23.7. The molecule has 0 saturated carbocycles. The first-order valence-corrected chi connectivity index (χ1v) is 12.2. The highest BCUT2D eigenvalue weighted by molar-refractivity contribution is 7.80. The van der Waals surface area contributed by atoms with Crippen molar-refractivity contribution in [2.75, 3.05) is 44.4 Å². The number of hydrogen-bond acceptors (Lipinski definition) is 5. The maximum Gasteiger partial charge on any atom is 0.170 e. The fourth-order valence-electron chi connectivity index (χ4n) is 5.21. The zero-order valence-electron chi connectivity index (χ0n) is 19.6. The van der Waals surface area contributed by atoms with Gasteiger partial charge in [-0.2, -0.15) is 0 Å². The molecule has 2 N–H and O–H groups in total. The van der Waals surface area contributed by atoms with E-state index in [1.54, 1.807) is 0 Å². The lowest BCUT2D eigenvalue weighted by atomic mass is 9.97. The molecular formula is C26H31N5O2S. The second-order valence-corrected chi connectivity index (χ2v) is 9.21. The smallest absolute Gasteiger partial charge is 0.170 e. The van der Waals surface area contributed by atoms with Crippen LogP contribution in [0.15, 0.2) is 54.7 Å². The van der Waals surface area contributed by atoms with E-state index in [1.165, 1.54) is 11.3 Å². The fourth-order valence-corrected chi connectivity index (χ4v) is 5.54. The van der Waals surface area contributed by atoms with Crippen LogP contribution in [0.25, 0.3) is 5.69 Å². The number of nitrogens with zero attached hydrogens (tertiary/aromatic N) is 4. The summed E-state index contributed by atoms with van der Waals surface area (Å²) in [6, 6.07) is 16.8. The molecule has 5 rings (SSSR count). The van der Waals surface area contributed by atoms with Crippen LogP contribution in [0.5, 0.6) is 0 Å². The summed E-state index contributed by atoms with van der Waals surface area (Å²) in [5, 5.41) is 13.8. The molecular weight excluding hydrogens is 446 g/mol. The number of aromatic nitrogens is 2. The summed E-state index contributed by atoms with van der Waals surface area (Å²) in [6.45, 7) is 8.21. The van der Waals surface area contributed by atoms with Gasteiger partial charge in [-0.1, -0.05) is 6.07 Å². The van der Waals surface area contributed by atoms with Crippen molar-refractivity contribution >= 4 is 23.0 Å². The molecule has 3 aromatic rings. The largest absolute Gasteiger partial charge is 0.395 e. The lowest BCUT2D eigenvalue weighted by molar-refractivity contribution is 0.122. The Morgan fingerprint density at radius 1 is 1.09 bits per heavy atom. The van der Waals surface area contributed by atoms with Gasteiger partial charge in [-0.05, 0) is 74.1 Å². The fraction of sp³-hybridized carbons (Fsp3) is 0.385. The van der Waals surface area contributed by atoms with Crippen molar-refractivity contribution in [1.29, 1.82) is 0 Å². The molecule has 4 heterocycles. The molecule has 2 atom stereocenters. The van der Waals surface area contributed by atoms with Gasteiger partial charge in [0.2, 0.25) is 0 Å². The minimum Gasteiger partial charge on any atom is -0.395 e. The highest BCUT2D eigenvalue weighted by Crippen LogP contribution is 2.41. The lowest BCUT2D eigenvalue weighted by Crippen LogP contribution is -2.36. The van der Waals surface area contributed by atoms with Gasteiger partial charge in [-0.15, -0.1) is 0 Å². The third-order valence-electron chi connectivity index (χ3n) is 6.81. The molecule has 2 saturated heterocycles. The number of morpholine rings is 1. The van der Waals surface area contributed by atoms with Crippen LogP contribution in [0.4, 0.5) is 5.69 Å². The zero-order valence-corrected chi connectivity index (χ0v) is 20.5. The molecule has 0 aliphatic carbocycles. The van der Waals surface area contributed by atoms with Gasteiger partial charge in [0.1, 0.15) is 0 Å². The molecule has 0 bridgehead atoms. The van der Waals surface area contributed by atoms with Crippen molar-refractivity contribution in [2.45, 2.75) is 25.9 Å². The van der Waals surface area contributed by atoms with Gasteiger partial charge < -0.3 is 29.5 Å². The van der Waals surface area contributed by atoms with E-state index in [-0.39, 0.29) is 18.7 Å². The second-order valence-electron chi connectivity index (χ2n) is 8.82. The molecule has 0 spiro atoms. The van der Waals surface area contributed by atoms with Crippen LogP contribution >= 0.6 is 12.2 Å². The summed E-state index contributed by atoms with van der Waals surface area (Å²) in [5.74, 6) is 0. The normalized spacial score (nSPS) is 20.6. The Morgan fingerprint density at radius 2 is 1.82 bits per heavy atom. The molecule has 2 fully saturated rings. The van der Waals surface area contributed by atoms with Gasteiger partial charge in [0.05, 0.1) is 37.6 Å². The van der Waals surface area contributed by atoms with E-state index >= 15 is 0 Å². The van der Waals surface area contributed by atoms with Gasteiger partial charge >= 0.3 is 0 Å². The van der Waals surface area contributed by atoms with Crippen LogP contribution in [-0.4, -0.2) is 64.1 Å². The molecule has 7 nitrogen and oxygen atoms in total. The summed E-state index contributed by atoms with van der Waals surface area (Å²) in [5.41, 5.74) is 6.81. The Labute approximate surface area is 206 Å². The first kappa shape index (κ1) is 22.8. The number of anilines is 1. The first-order chi connectivity index (χ1) is 16.6. The predicted octanol–water partition coefficient (Wildman–Crippen LogP) is 3.29. The number of rotatable bonds is 6. The topological polar surface area (TPSA) is 65.8 Å². The van der Waals surface area contributed by atoms with Gasteiger partial charge in [-0.25, -0.2) is 0 Å². The van der Waals surface area contributed by atoms with Gasteiger partial charge in [0.25, 0.3) is 0 Å². The second kappa shape index (κ2) is 9.74. The Morgan fingerprint density at radius 3 is 2.50 bits per heavy atom. The number of pyridine rings is 1. The number of thiocarbonyl (C=S) groups is 1. The minimum absolute atomic E-state index is 0.0367. The van der Waals surface area contributed by atoms with E-state index in [2.05, 4.69) is 68.8 Å². The number of β-amino-alcohol motifs (C(OH)–C–C–N with tert-alkyl or cyclic N) is 1. The lowest BCUT2D eigenvalue weighted by Gasteiger charge is -2.29. The maximum absolute atomic E-state index is 9.74.